The van der Waals surface area contributed by atoms with Gasteiger partial charge in [-0.1, -0.05) is 56.5 Å². The molecule has 1 heterocycles. The summed E-state index contributed by atoms with van der Waals surface area (Å²) in [5.74, 6) is 0.939. The Bertz CT molecular complexity index is 417. The van der Waals surface area contributed by atoms with Gasteiger partial charge in [-0.2, -0.15) is 0 Å². The van der Waals surface area contributed by atoms with Crippen LogP contribution < -0.4 is 5.32 Å². The monoisotopic (exact) mass is 286 g/mol. The Labute approximate surface area is 129 Å². The Morgan fingerprint density at radius 1 is 1.14 bits per heavy atom. The summed E-state index contributed by atoms with van der Waals surface area (Å²) in [5.41, 5.74) is 1.47. The molecule has 1 aliphatic carbocycles. The van der Waals surface area contributed by atoms with Gasteiger partial charge in [0.1, 0.15) is 0 Å². The van der Waals surface area contributed by atoms with E-state index in [0.717, 1.165) is 18.5 Å². The average Bonchev–Trinajstić information content (AvgIpc) is 2.56. The molecule has 3 unspecified atom stereocenters. The molecule has 1 saturated heterocycles. The van der Waals surface area contributed by atoms with Crippen LogP contribution in [0.25, 0.3) is 0 Å². The molecule has 1 saturated carbocycles. The fourth-order valence-electron chi connectivity index (χ4n) is 4.33. The summed E-state index contributed by atoms with van der Waals surface area (Å²) < 4.78 is 0. The predicted octanol–water partition coefficient (Wildman–Crippen LogP) is 3.47. The van der Waals surface area contributed by atoms with E-state index in [1.54, 1.807) is 0 Å². The summed E-state index contributed by atoms with van der Waals surface area (Å²) >= 11 is 0. The van der Waals surface area contributed by atoms with Crippen LogP contribution in [-0.2, 0) is 6.42 Å². The Kier molecular flexibility index (Phi) is 5.32. The van der Waals surface area contributed by atoms with Gasteiger partial charge in [-0.05, 0) is 30.7 Å². The zero-order valence-electron chi connectivity index (χ0n) is 13.4. The van der Waals surface area contributed by atoms with Crippen LogP contribution in [0.4, 0.5) is 0 Å². The summed E-state index contributed by atoms with van der Waals surface area (Å²) in [6.45, 7) is 6.01. The Morgan fingerprint density at radius 2 is 1.95 bits per heavy atom. The second-order valence-corrected chi connectivity index (χ2v) is 6.86. The maximum absolute atomic E-state index is 3.73. The van der Waals surface area contributed by atoms with Crippen molar-refractivity contribution in [2.75, 3.05) is 19.6 Å². The van der Waals surface area contributed by atoms with E-state index in [4.69, 9.17) is 0 Å². The minimum atomic E-state index is 0.626. The van der Waals surface area contributed by atoms with Gasteiger partial charge in [0, 0.05) is 31.7 Å². The number of nitrogens with zero attached hydrogens (tertiary/aromatic N) is 1. The van der Waals surface area contributed by atoms with Crippen molar-refractivity contribution in [3.8, 4) is 0 Å². The van der Waals surface area contributed by atoms with Crippen LogP contribution >= 0.6 is 0 Å². The van der Waals surface area contributed by atoms with Gasteiger partial charge in [0.2, 0.25) is 0 Å². The van der Waals surface area contributed by atoms with E-state index in [9.17, 15) is 0 Å². The van der Waals surface area contributed by atoms with Crippen molar-refractivity contribution in [2.24, 2.45) is 5.92 Å². The molecule has 2 nitrogen and oxygen atoms in total. The molecule has 2 aliphatic rings. The first-order valence-electron chi connectivity index (χ1n) is 8.88. The molecule has 1 aromatic rings. The standard InChI is InChI=1S/C19H30N2/c1-2-17-10-6-7-11-19(17)21-13-12-20-18(15-21)14-16-8-4-3-5-9-16/h3-5,8-9,17-20H,2,6-7,10-15H2,1H3. The average molecular weight is 286 g/mol. The molecule has 2 heteroatoms. The van der Waals surface area contributed by atoms with E-state index in [1.807, 2.05) is 0 Å². The quantitative estimate of drug-likeness (QED) is 0.911. The van der Waals surface area contributed by atoms with E-state index in [-0.39, 0.29) is 0 Å². The van der Waals surface area contributed by atoms with Crippen LogP contribution in [0.2, 0.25) is 0 Å². The molecule has 116 valence electrons. The van der Waals surface area contributed by atoms with Gasteiger partial charge in [-0.3, -0.25) is 4.90 Å². The third-order valence-electron chi connectivity index (χ3n) is 5.47. The molecule has 21 heavy (non-hydrogen) atoms. The lowest BCUT2D eigenvalue weighted by Gasteiger charge is -2.44. The lowest BCUT2D eigenvalue weighted by Crippen LogP contribution is -2.56. The lowest BCUT2D eigenvalue weighted by molar-refractivity contribution is 0.0726. The number of piperazine rings is 1. The molecular formula is C19H30N2. The van der Waals surface area contributed by atoms with Gasteiger partial charge in [-0.15, -0.1) is 0 Å². The molecule has 3 rings (SSSR count). The second-order valence-electron chi connectivity index (χ2n) is 6.86. The minimum absolute atomic E-state index is 0.626. The third kappa shape index (κ3) is 3.87. The first kappa shape index (κ1) is 15.1. The summed E-state index contributed by atoms with van der Waals surface area (Å²) in [5, 5.41) is 3.73. The fraction of sp³-hybridized carbons (Fsp3) is 0.684. The maximum atomic E-state index is 3.73. The van der Waals surface area contributed by atoms with Crippen molar-refractivity contribution in [1.29, 1.82) is 0 Å². The van der Waals surface area contributed by atoms with Crippen LogP contribution in [0.1, 0.15) is 44.6 Å². The number of hydrogen-bond donors (Lipinski definition) is 1. The van der Waals surface area contributed by atoms with Crippen LogP contribution in [0.3, 0.4) is 0 Å². The number of rotatable bonds is 4. The number of hydrogen-bond acceptors (Lipinski definition) is 2. The van der Waals surface area contributed by atoms with Crippen molar-refractivity contribution in [3.05, 3.63) is 35.9 Å². The minimum Gasteiger partial charge on any atom is -0.311 e. The third-order valence-corrected chi connectivity index (χ3v) is 5.47. The smallest absolute Gasteiger partial charge is 0.0236 e. The van der Waals surface area contributed by atoms with Crippen LogP contribution in [0, 0.1) is 5.92 Å². The summed E-state index contributed by atoms with van der Waals surface area (Å²) in [6, 6.07) is 12.4. The van der Waals surface area contributed by atoms with Gasteiger partial charge in [-0.25, -0.2) is 0 Å². The maximum Gasteiger partial charge on any atom is 0.0236 e. The Balaban J connectivity index is 1.60. The molecule has 0 spiro atoms. The first-order valence-corrected chi connectivity index (χ1v) is 8.88. The van der Waals surface area contributed by atoms with E-state index in [2.05, 4.69) is 47.5 Å². The first-order chi connectivity index (χ1) is 10.4. The lowest BCUT2D eigenvalue weighted by atomic mass is 9.81. The number of nitrogens with one attached hydrogen (secondary N) is 1. The molecule has 0 aromatic heterocycles. The van der Waals surface area contributed by atoms with E-state index >= 15 is 0 Å². The van der Waals surface area contributed by atoms with Crippen LogP contribution in [-0.4, -0.2) is 36.6 Å². The van der Waals surface area contributed by atoms with Crippen LogP contribution in [0.5, 0.6) is 0 Å². The topological polar surface area (TPSA) is 15.3 Å². The largest absolute Gasteiger partial charge is 0.311 e. The predicted molar refractivity (Wildman–Crippen MR) is 89.5 cm³/mol. The summed E-state index contributed by atoms with van der Waals surface area (Å²) in [7, 11) is 0. The van der Waals surface area contributed by atoms with Crippen molar-refractivity contribution in [3.63, 3.8) is 0 Å². The highest BCUT2D eigenvalue weighted by Gasteiger charge is 2.31. The zero-order chi connectivity index (χ0) is 14.5. The summed E-state index contributed by atoms with van der Waals surface area (Å²) in [6.07, 6.45) is 8.30. The molecule has 2 fully saturated rings. The van der Waals surface area contributed by atoms with Gasteiger partial charge in [0.15, 0.2) is 0 Å². The Morgan fingerprint density at radius 3 is 2.76 bits per heavy atom. The van der Waals surface area contributed by atoms with E-state index in [1.165, 1.54) is 57.2 Å². The van der Waals surface area contributed by atoms with Crippen molar-refractivity contribution in [1.82, 2.24) is 10.2 Å². The van der Waals surface area contributed by atoms with Crippen molar-refractivity contribution >= 4 is 0 Å². The molecule has 0 radical (unpaired) electrons. The molecule has 3 atom stereocenters. The normalized spacial score (nSPS) is 31.2. The van der Waals surface area contributed by atoms with Crippen molar-refractivity contribution in [2.45, 2.75) is 57.5 Å². The molecule has 1 aliphatic heterocycles. The Hall–Kier alpha value is -0.860. The van der Waals surface area contributed by atoms with Crippen molar-refractivity contribution < 1.29 is 0 Å². The van der Waals surface area contributed by atoms with E-state index < -0.39 is 0 Å². The van der Waals surface area contributed by atoms with Gasteiger partial charge >= 0.3 is 0 Å². The second kappa shape index (κ2) is 7.42. The van der Waals surface area contributed by atoms with Gasteiger partial charge in [0.05, 0.1) is 0 Å². The van der Waals surface area contributed by atoms with Gasteiger partial charge < -0.3 is 5.32 Å². The molecular weight excluding hydrogens is 256 g/mol. The highest BCUT2D eigenvalue weighted by atomic mass is 15.2. The molecule has 0 amide bonds. The van der Waals surface area contributed by atoms with Crippen LogP contribution in [0.15, 0.2) is 30.3 Å². The summed E-state index contributed by atoms with van der Waals surface area (Å²) in [4.78, 5) is 2.80. The SMILES string of the molecule is CCC1CCCCC1N1CCNC(Cc2ccccc2)C1. The van der Waals surface area contributed by atoms with E-state index in [0.29, 0.717) is 6.04 Å². The highest BCUT2D eigenvalue weighted by molar-refractivity contribution is 5.16. The fourth-order valence-corrected chi connectivity index (χ4v) is 4.33. The zero-order valence-corrected chi connectivity index (χ0v) is 13.4. The highest BCUT2D eigenvalue weighted by Crippen LogP contribution is 2.31. The number of benzene rings is 1. The molecule has 0 bridgehead atoms. The van der Waals surface area contributed by atoms with Gasteiger partial charge in [0.25, 0.3) is 0 Å². The molecule has 1 aromatic carbocycles. The molecule has 1 N–H and O–H groups in total.